The number of carbonyl (C=O) groups excluding carboxylic acids is 2. The van der Waals surface area contributed by atoms with E-state index in [0.29, 0.717) is 36.3 Å². The number of hydrogen-bond donors (Lipinski definition) is 3. The van der Waals surface area contributed by atoms with E-state index in [2.05, 4.69) is 0 Å². The van der Waals surface area contributed by atoms with Gasteiger partial charge >= 0.3 is 5.97 Å². The molecule has 4 rings (SSSR count). The molecule has 8 heteroatoms. The van der Waals surface area contributed by atoms with Crippen LogP contribution in [0.1, 0.15) is 39.0 Å². The molecule has 0 saturated heterocycles. The molecule has 37 heavy (non-hydrogen) atoms. The molecule has 1 aliphatic heterocycles. The molecular formula is C29H30N4O4. The molecule has 4 N–H and O–H groups in total. The van der Waals surface area contributed by atoms with Crippen LogP contribution in [-0.4, -0.2) is 47.2 Å². The molecule has 8 nitrogen and oxygen atoms in total. The highest BCUT2D eigenvalue weighted by atomic mass is 16.4. The predicted molar refractivity (Wildman–Crippen MR) is 142 cm³/mol. The topological polar surface area (TPSA) is 128 Å². The Morgan fingerprint density at radius 3 is 2.35 bits per heavy atom. The molecule has 0 aliphatic carbocycles. The van der Waals surface area contributed by atoms with Gasteiger partial charge in [0, 0.05) is 37.0 Å². The maximum Gasteiger partial charge on any atom is 0.304 e. The number of carbonyl (C=O) groups is 3. The molecule has 0 unspecified atom stereocenters. The number of nitrogens with zero attached hydrogens (tertiary/aromatic N) is 2. The molecule has 1 heterocycles. The number of amides is 2. The summed E-state index contributed by atoms with van der Waals surface area (Å²) in [5, 5.41) is 17.0. The second kappa shape index (κ2) is 11.1. The molecule has 0 aromatic heterocycles. The van der Waals surface area contributed by atoms with E-state index >= 15 is 0 Å². The van der Waals surface area contributed by atoms with Gasteiger partial charge in [0.05, 0.1) is 12.3 Å². The van der Waals surface area contributed by atoms with Crippen molar-refractivity contribution in [3.05, 3.63) is 101 Å². The van der Waals surface area contributed by atoms with Crippen LogP contribution in [0.4, 0.5) is 5.69 Å². The number of nitrogen functional groups attached to an aromatic ring is 1. The smallest absolute Gasteiger partial charge is 0.304 e. The summed E-state index contributed by atoms with van der Waals surface area (Å²) in [5.74, 6) is -2.17. The van der Waals surface area contributed by atoms with Gasteiger partial charge in [-0.3, -0.25) is 19.8 Å². The van der Waals surface area contributed by atoms with Crippen molar-refractivity contribution < 1.29 is 19.5 Å². The molecular weight excluding hydrogens is 468 g/mol. The average molecular weight is 499 g/mol. The number of carboxylic acid groups (broad SMARTS) is 1. The zero-order valence-electron chi connectivity index (χ0n) is 20.7. The number of aliphatic carboxylic acids is 1. The molecule has 190 valence electrons. The molecule has 1 aliphatic rings. The van der Waals surface area contributed by atoms with Crippen LogP contribution in [0.25, 0.3) is 0 Å². The number of amidine groups is 1. The summed E-state index contributed by atoms with van der Waals surface area (Å²) in [6.07, 6.45) is 0.673. The van der Waals surface area contributed by atoms with E-state index in [4.69, 9.17) is 11.1 Å². The Hall–Kier alpha value is -4.46. The zero-order valence-corrected chi connectivity index (χ0v) is 20.7. The molecule has 0 bridgehead atoms. The summed E-state index contributed by atoms with van der Waals surface area (Å²) in [6, 6.07) is 22.1. The first-order valence-corrected chi connectivity index (χ1v) is 12.1. The quantitative estimate of drug-likeness (QED) is 0.324. The SMILES string of the molecule is CN(C(=O)c1ccc2c(c1)C[C@H](CC(=O)O)C(=O)N(CCc1ccccc1)C2)c1ccc(C(=N)N)cc1. The van der Waals surface area contributed by atoms with Gasteiger partial charge in [-0.2, -0.15) is 0 Å². The number of fused-ring (bicyclic) bond motifs is 1. The Labute approximate surface area is 215 Å². The minimum atomic E-state index is -1.02. The Morgan fingerprint density at radius 2 is 1.70 bits per heavy atom. The minimum Gasteiger partial charge on any atom is -0.481 e. The van der Waals surface area contributed by atoms with Crippen LogP contribution in [0, 0.1) is 11.3 Å². The van der Waals surface area contributed by atoms with Crippen molar-refractivity contribution in [3.63, 3.8) is 0 Å². The summed E-state index contributed by atoms with van der Waals surface area (Å²) < 4.78 is 0. The Morgan fingerprint density at radius 1 is 1.03 bits per heavy atom. The molecule has 2 amide bonds. The van der Waals surface area contributed by atoms with Crippen molar-refractivity contribution in [2.24, 2.45) is 11.7 Å². The third-order valence-corrected chi connectivity index (χ3v) is 6.75. The van der Waals surface area contributed by atoms with Gasteiger partial charge in [-0.15, -0.1) is 0 Å². The van der Waals surface area contributed by atoms with Gasteiger partial charge in [0.25, 0.3) is 5.91 Å². The van der Waals surface area contributed by atoms with E-state index < -0.39 is 11.9 Å². The highest BCUT2D eigenvalue weighted by Crippen LogP contribution is 2.27. The molecule has 0 spiro atoms. The second-order valence-corrected chi connectivity index (χ2v) is 9.30. The number of rotatable bonds is 8. The van der Waals surface area contributed by atoms with Gasteiger partial charge in [-0.05, 0) is 65.9 Å². The predicted octanol–water partition coefficient (Wildman–Crippen LogP) is 3.47. The number of nitrogens with one attached hydrogen (secondary N) is 1. The van der Waals surface area contributed by atoms with E-state index in [9.17, 15) is 19.5 Å². The van der Waals surface area contributed by atoms with Crippen molar-refractivity contribution in [1.82, 2.24) is 4.90 Å². The minimum absolute atomic E-state index is 0.0467. The third kappa shape index (κ3) is 6.03. The summed E-state index contributed by atoms with van der Waals surface area (Å²) >= 11 is 0. The van der Waals surface area contributed by atoms with Crippen LogP contribution in [0.3, 0.4) is 0 Å². The van der Waals surface area contributed by atoms with Crippen molar-refractivity contribution in [2.75, 3.05) is 18.5 Å². The summed E-state index contributed by atoms with van der Waals surface area (Å²) in [4.78, 5) is 41.4. The van der Waals surface area contributed by atoms with Gasteiger partial charge in [0.15, 0.2) is 0 Å². The lowest BCUT2D eigenvalue weighted by Gasteiger charge is -2.24. The van der Waals surface area contributed by atoms with Gasteiger partial charge < -0.3 is 20.6 Å². The Kier molecular flexibility index (Phi) is 7.67. The molecule has 0 saturated carbocycles. The molecule has 3 aromatic rings. The maximum atomic E-state index is 13.3. The Balaban J connectivity index is 1.58. The van der Waals surface area contributed by atoms with E-state index in [0.717, 1.165) is 16.7 Å². The average Bonchev–Trinajstić information content (AvgIpc) is 3.02. The fourth-order valence-electron chi connectivity index (χ4n) is 4.64. The lowest BCUT2D eigenvalue weighted by molar-refractivity contribution is -0.144. The summed E-state index contributed by atoms with van der Waals surface area (Å²) in [6.45, 7) is 0.853. The van der Waals surface area contributed by atoms with Gasteiger partial charge in [0.2, 0.25) is 5.91 Å². The first-order valence-electron chi connectivity index (χ1n) is 12.1. The summed E-state index contributed by atoms with van der Waals surface area (Å²) in [5.41, 5.74) is 10.0. The van der Waals surface area contributed by atoms with Crippen LogP contribution in [0.2, 0.25) is 0 Å². The third-order valence-electron chi connectivity index (χ3n) is 6.75. The number of anilines is 1. The fraction of sp³-hybridized carbons (Fsp3) is 0.241. The normalized spacial score (nSPS) is 15.0. The van der Waals surface area contributed by atoms with Crippen LogP contribution < -0.4 is 10.6 Å². The second-order valence-electron chi connectivity index (χ2n) is 9.30. The van der Waals surface area contributed by atoms with Gasteiger partial charge in [-0.25, -0.2) is 0 Å². The monoisotopic (exact) mass is 498 g/mol. The number of carboxylic acids is 1. The van der Waals surface area contributed by atoms with E-state index in [1.165, 1.54) is 4.90 Å². The van der Waals surface area contributed by atoms with Crippen LogP contribution >= 0.6 is 0 Å². The standard InChI is InChI=1S/C29H30N4O4/c1-32(25-11-9-20(10-12-25)27(30)31)28(36)21-7-8-22-18-33(14-13-19-5-3-2-4-6-19)29(37)24(17-26(34)35)16-23(22)15-21/h2-12,15,24H,13-14,16-18H2,1H3,(H3,30,31)(H,34,35)/t24-/m1/s1. The molecule has 3 aromatic carbocycles. The highest BCUT2D eigenvalue weighted by molar-refractivity contribution is 6.06. The number of hydrogen-bond acceptors (Lipinski definition) is 4. The first kappa shape index (κ1) is 25.6. The highest BCUT2D eigenvalue weighted by Gasteiger charge is 2.31. The van der Waals surface area contributed by atoms with Crippen molar-refractivity contribution in [1.29, 1.82) is 5.41 Å². The zero-order chi connectivity index (χ0) is 26.5. The molecule has 1 atom stereocenters. The van der Waals surface area contributed by atoms with E-state index in [1.807, 2.05) is 36.4 Å². The van der Waals surface area contributed by atoms with E-state index in [-0.39, 0.29) is 30.5 Å². The van der Waals surface area contributed by atoms with E-state index in [1.54, 1.807) is 48.3 Å². The maximum absolute atomic E-state index is 13.3. The fourth-order valence-corrected chi connectivity index (χ4v) is 4.64. The van der Waals surface area contributed by atoms with Crippen LogP contribution in [0.5, 0.6) is 0 Å². The molecule has 0 fully saturated rings. The summed E-state index contributed by atoms with van der Waals surface area (Å²) in [7, 11) is 1.67. The lowest BCUT2D eigenvalue weighted by Crippen LogP contribution is -2.37. The van der Waals surface area contributed by atoms with Gasteiger partial charge in [-0.1, -0.05) is 36.4 Å². The number of benzene rings is 3. The van der Waals surface area contributed by atoms with Crippen molar-refractivity contribution >= 4 is 29.3 Å². The first-order chi connectivity index (χ1) is 17.7. The van der Waals surface area contributed by atoms with Crippen molar-refractivity contribution in [3.8, 4) is 0 Å². The Bertz CT molecular complexity index is 1320. The van der Waals surface area contributed by atoms with Gasteiger partial charge in [0.1, 0.15) is 5.84 Å². The largest absolute Gasteiger partial charge is 0.481 e. The van der Waals surface area contributed by atoms with Crippen LogP contribution in [-0.2, 0) is 29.0 Å². The van der Waals surface area contributed by atoms with Crippen molar-refractivity contribution in [2.45, 2.75) is 25.8 Å². The van der Waals surface area contributed by atoms with Crippen LogP contribution in [0.15, 0.2) is 72.8 Å². The lowest BCUT2D eigenvalue weighted by atomic mass is 9.93. The molecule has 0 radical (unpaired) electrons. The number of nitrogens with two attached hydrogens (primary N) is 1.